The van der Waals surface area contributed by atoms with E-state index in [2.05, 4.69) is 35.1 Å². The summed E-state index contributed by atoms with van der Waals surface area (Å²) in [6.07, 6.45) is 2.51. The SMILES string of the molecule is CO[C@H]1CCS(=O)(=O)c2cc(C(=O)NCc3cc4nc(-c5cccc(N6C[C@@H](C)S[C@@H](C)C6)n5)ccc4cn3)ccc2C1. The zero-order chi connectivity index (χ0) is 30.1. The van der Waals surface area contributed by atoms with Crippen LogP contribution in [0.25, 0.3) is 22.3 Å². The fourth-order valence-corrected chi connectivity index (χ4v) is 8.75. The molecule has 1 amide bonds. The van der Waals surface area contributed by atoms with Crippen LogP contribution in [0.3, 0.4) is 0 Å². The van der Waals surface area contributed by atoms with Gasteiger partial charge in [0.05, 0.1) is 45.9 Å². The molecule has 3 atom stereocenters. The first-order valence-electron chi connectivity index (χ1n) is 14.5. The zero-order valence-corrected chi connectivity index (χ0v) is 26.1. The van der Waals surface area contributed by atoms with Crippen molar-refractivity contribution in [1.29, 1.82) is 0 Å². The average Bonchev–Trinajstić information content (AvgIpc) is 3.13. The second-order valence-electron chi connectivity index (χ2n) is 11.3. The third kappa shape index (κ3) is 6.53. The highest BCUT2D eigenvalue weighted by Gasteiger charge is 2.28. The monoisotopic (exact) mass is 617 g/mol. The number of benzene rings is 1. The molecular formula is C32H35N5O4S2. The zero-order valence-electron chi connectivity index (χ0n) is 24.5. The molecule has 224 valence electrons. The Kier molecular flexibility index (Phi) is 8.39. The second-order valence-corrected chi connectivity index (χ2v) is 15.2. The van der Waals surface area contributed by atoms with Crippen molar-refractivity contribution in [1.82, 2.24) is 20.3 Å². The minimum absolute atomic E-state index is 0.00474. The number of methoxy groups -OCH3 is 1. The number of aromatic nitrogens is 3. The Morgan fingerprint density at radius 1 is 1.05 bits per heavy atom. The van der Waals surface area contributed by atoms with Crippen molar-refractivity contribution < 1.29 is 17.9 Å². The lowest BCUT2D eigenvalue weighted by Crippen LogP contribution is -2.40. The van der Waals surface area contributed by atoms with Crippen molar-refractivity contribution in [2.24, 2.45) is 0 Å². The van der Waals surface area contributed by atoms with Crippen molar-refractivity contribution >= 4 is 44.2 Å². The molecule has 11 heteroatoms. The molecule has 1 fully saturated rings. The van der Waals surface area contributed by atoms with Gasteiger partial charge in [-0.25, -0.2) is 18.4 Å². The summed E-state index contributed by atoms with van der Waals surface area (Å²) >= 11 is 2.01. The third-order valence-corrected chi connectivity index (χ3v) is 11.0. The predicted molar refractivity (Wildman–Crippen MR) is 170 cm³/mol. The van der Waals surface area contributed by atoms with Gasteiger partial charge in [0.25, 0.3) is 5.91 Å². The highest BCUT2D eigenvalue weighted by molar-refractivity contribution is 8.00. The maximum atomic E-state index is 13.0. The van der Waals surface area contributed by atoms with E-state index in [4.69, 9.17) is 14.7 Å². The number of hydrogen-bond acceptors (Lipinski definition) is 9. The number of nitrogens with one attached hydrogen (secondary N) is 1. The van der Waals surface area contributed by atoms with Crippen LogP contribution in [0.4, 0.5) is 5.82 Å². The number of anilines is 1. The molecule has 1 aromatic carbocycles. The van der Waals surface area contributed by atoms with Crippen molar-refractivity contribution in [2.45, 2.75) is 54.7 Å². The molecule has 0 radical (unpaired) electrons. The van der Waals surface area contributed by atoms with Crippen LogP contribution in [0.2, 0.25) is 0 Å². The van der Waals surface area contributed by atoms with Gasteiger partial charge in [-0.15, -0.1) is 0 Å². The molecule has 6 rings (SSSR count). The van der Waals surface area contributed by atoms with E-state index >= 15 is 0 Å². The molecule has 0 saturated carbocycles. The number of nitrogens with zero attached hydrogens (tertiary/aromatic N) is 4. The summed E-state index contributed by atoms with van der Waals surface area (Å²) in [5.41, 5.74) is 3.94. The molecule has 1 N–H and O–H groups in total. The predicted octanol–water partition coefficient (Wildman–Crippen LogP) is 4.69. The smallest absolute Gasteiger partial charge is 0.251 e. The van der Waals surface area contributed by atoms with E-state index in [0.717, 1.165) is 41.2 Å². The maximum Gasteiger partial charge on any atom is 0.251 e. The van der Waals surface area contributed by atoms with Gasteiger partial charge in [-0.05, 0) is 60.9 Å². The van der Waals surface area contributed by atoms with E-state index in [1.54, 1.807) is 25.4 Å². The van der Waals surface area contributed by atoms with Crippen LogP contribution < -0.4 is 10.2 Å². The molecule has 0 aliphatic carbocycles. The molecule has 2 aliphatic rings. The molecule has 3 aromatic heterocycles. The maximum absolute atomic E-state index is 13.0. The lowest BCUT2D eigenvalue weighted by atomic mass is 10.0. The molecule has 0 spiro atoms. The number of pyridine rings is 3. The van der Waals surface area contributed by atoms with Crippen LogP contribution in [0.15, 0.2) is 65.7 Å². The number of rotatable bonds is 6. The Labute approximate surface area is 256 Å². The summed E-state index contributed by atoms with van der Waals surface area (Å²) in [5, 5.41) is 4.86. The van der Waals surface area contributed by atoms with Crippen LogP contribution >= 0.6 is 11.8 Å². The number of sulfone groups is 1. The summed E-state index contributed by atoms with van der Waals surface area (Å²) in [6.45, 7) is 6.62. The first kappa shape index (κ1) is 29.5. The van der Waals surface area contributed by atoms with Crippen molar-refractivity contribution in [3.8, 4) is 11.4 Å². The third-order valence-electron chi connectivity index (χ3n) is 7.95. The standard InChI is InChI=1S/C32H35N5O4S2/c1-20-18-37(19-21(2)42-20)31-6-4-5-27(36-31)28-10-9-24-16-33-25(15-29(24)35-28)17-34-32(38)23-8-7-22-13-26(41-3)11-12-43(39,40)30(22)14-23/h4-10,14-16,20-21,26H,11-13,17-19H2,1-3H3,(H,34,38)/t20-,21+,26-/m0/s1. The van der Waals surface area contributed by atoms with E-state index < -0.39 is 9.84 Å². The number of fused-ring (bicyclic) bond motifs is 2. The molecule has 9 nitrogen and oxygen atoms in total. The topological polar surface area (TPSA) is 114 Å². The summed E-state index contributed by atoms with van der Waals surface area (Å²) in [4.78, 5) is 29.9. The van der Waals surface area contributed by atoms with Gasteiger partial charge >= 0.3 is 0 Å². The van der Waals surface area contributed by atoms with Gasteiger partial charge in [0.15, 0.2) is 9.84 Å². The summed E-state index contributed by atoms with van der Waals surface area (Å²) in [5.74, 6) is 0.588. The summed E-state index contributed by atoms with van der Waals surface area (Å²) in [7, 11) is -1.91. The Bertz CT molecular complexity index is 1770. The molecule has 4 aromatic rings. The number of hydrogen-bond donors (Lipinski definition) is 1. The lowest BCUT2D eigenvalue weighted by molar-refractivity contribution is 0.0950. The summed E-state index contributed by atoms with van der Waals surface area (Å²) in [6, 6.07) is 16.7. The summed E-state index contributed by atoms with van der Waals surface area (Å²) < 4.78 is 31.2. The molecule has 1 saturated heterocycles. The highest BCUT2D eigenvalue weighted by atomic mass is 32.2. The number of thioether (sulfide) groups is 1. The quantitative estimate of drug-likeness (QED) is 0.329. The van der Waals surface area contributed by atoms with Gasteiger partial charge in [-0.2, -0.15) is 11.8 Å². The van der Waals surface area contributed by atoms with Crippen LogP contribution in [-0.2, 0) is 27.5 Å². The van der Waals surface area contributed by atoms with E-state index in [0.29, 0.717) is 40.2 Å². The van der Waals surface area contributed by atoms with Gasteiger partial charge in [0.1, 0.15) is 5.82 Å². The Morgan fingerprint density at radius 3 is 2.63 bits per heavy atom. The fraction of sp³-hybridized carbons (Fsp3) is 0.375. The van der Waals surface area contributed by atoms with Gasteiger partial charge in [-0.1, -0.05) is 26.0 Å². The van der Waals surface area contributed by atoms with Crippen LogP contribution in [-0.4, -0.2) is 71.8 Å². The van der Waals surface area contributed by atoms with Gasteiger partial charge in [0.2, 0.25) is 0 Å². The first-order valence-corrected chi connectivity index (χ1v) is 17.1. The molecule has 0 bridgehead atoms. The van der Waals surface area contributed by atoms with E-state index in [1.807, 2.05) is 42.1 Å². The van der Waals surface area contributed by atoms with E-state index in [1.165, 1.54) is 6.07 Å². The van der Waals surface area contributed by atoms with Gasteiger partial charge in [-0.3, -0.25) is 9.78 Å². The van der Waals surface area contributed by atoms with Gasteiger partial charge < -0.3 is 15.0 Å². The fourth-order valence-electron chi connectivity index (χ4n) is 5.78. The highest BCUT2D eigenvalue weighted by Crippen LogP contribution is 2.30. The van der Waals surface area contributed by atoms with E-state index in [-0.39, 0.29) is 29.2 Å². The molecule has 0 unspecified atom stereocenters. The molecule has 2 aliphatic heterocycles. The van der Waals surface area contributed by atoms with Crippen molar-refractivity contribution in [2.75, 3.05) is 30.9 Å². The minimum atomic E-state index is -3.50. The van der Waals surface area contributed by atoms with Crippen LogP contribution in [0, 0.1) is 0 Å². The van der Waals surface area contributed by atoms with Crippen molar-refractivity contribution in [3.05, 3.63) is 77.6 Å². The Balaban J connectivity index is 1.18. The number of carbonyl (C=O) groups excluding carboxylic acids is 1. The largest absolute Gasteiger partial charge is 0.381 e. The van der Waals surface area contributed by atoms with E-state index in [9.17, 15) is 13.2 Å². The van der Waals surface area contributed by atoms with Crippen LogP contribution in [0.1, 0.15) is 41.9 Å². The Hall–Kier alpha value is -3.54. The number of carbonyl (C=O) groups is 1. The number of ether oxygens (including phenoxy) is 1. The molecular weight excluding hydrogens is 583 g/mol. The number of amides is 1. The van der Waals surface area contributed by atoms with Crippen LogP contribution in [0.5, 0.6) is 0 Å². The molecule has 43 heavy (non-hydrogen) atoms. The lowest BCUT2D eigenvalue weighted by Gasteiger charge is -2.35. The minimum Gasteiger partial charge on any atom is -0.381 e. The molecule has 5 heterocycles. The first-order chi connectivity index (χ1) is 20.7. The van der Waals surface area contributed by atoms with Gasteiger partial charge in [0, 0.05) is 47.8 Å². The average molecular weight is 618 g/mol. The Morgan fingerprint density at radius 2 is 1.84 bits per heavy atom. The normalized spacial score (nSPS) is 21.7. The van der Waals surface area contributed by atoms with Crippen molar-refractivity contribution in [3.63, 3.8) is 0 Å². The second kappa shape index (κ2) is 12.2.